The zero-order valence-corrected chi connectivity index (χ0v) is 22.5. The summed E-state index contributed by atoms with van der Waals surface area (Å²) >= 11 is 0. The van der Waals surface area contributed by atoms with Gasteiger partial charge in [-0.2, -0.15) is 0 Å². The first-order chi connectivity index (χ1) is 18.4. The van der Waals surface area contributed by atoms with Crippen molar-refractivity contribution in [3.05, 3.63) is 69.0 Å². The summed E-state index contributed by atoms with van der Waals surface area (Å²) in [5.74, 6) is -0.584. The third-order valence-corrected chi connectivity index (χ3v) is 8.45. The number of aromatic nitrogens is 3. The minimum atomic E-state index is -0.584. The van der Waals surface area contributed by atoms with Crippen LogP contribution in [0.4, 0.5) is 5.69 Å². The lowest BCUT2D eigenvalue weighted by molar-refractivity contribution is 0.101. The Labute approximate surface area is 223 Å². The molecule has 0 radical (unpaired) electrons. The molecule has 8 heteroatoms. The molecule has 0 bridgehead atoms. The Hall–Kier alpha value is -3.26. The Morgan fingerprint density at radius 1 is 1.03 bits per heavy atom. The summed E-state index contributed by atoms with van der Waals surface area (Å²) < 4.78 is 1.77. The van der Waals surface area contributed by atoms with E-state index in [1.165, 1.54) is 69.7 Å². The van der Waals surface area contributed by atoms with Gasteiger partial charge < -0.3 is 14.9 Å². The summed E-state index contributed by atoms with van der Waals surface area (Å²) in [6.07, 6.45) is 13.8. The van der Waals surface area contributed by atoms with Crippen molar-refractivity contribution in [2.75, 3.05) is 5.32 Å². The highest BCUT2D eigenvalue weighted by Crippen LogP contribution is 2.35. The predicted molar refractivity (Wildman–Crippen MR) is 151 cm³/mol. The number of benzene rings is 1. The number of hydrogen-bond donors (Lipinski definition) is 2. The van der Waals surface area contributed by atoms with E-state index in [1.807, 2.05) is 24.3 Å². The van der Waals surface area contributed by atoms with Crippen molar-refractivity contribution in [2.45, 2.75) is 102 Å². The second-order valence-electron chi connectivity index (χ2n) is 11.1. The van der Waals surface area contributed by atoms with Crippen LogP contribution in [0.1, 0.15) is 94.6 Å². The van der Waals surface area contributed by atoms with Gasteiger partial charge in [-0.25, -0.2) is 4.98 Å². The van der Waals surface area contributed by atoms with E-state index in [4.69, 9.17) is 0 Å². The van der Waals surface area contributed by atoms with E-state index in [-0.39, 0.29) is 22.9 Å². The fourth-order valence-electron chi connectivity index (χ4n) is 6.64. The molecule has 1 unspecified atom stereocenters. The van der Waals surface area contributed by atoms with Crippen LogP contribution in [0.25, 0.3) is 11.0 Å². The maximum absolute atomic E-state index is 13.8. The molecule has 2 aliphatic rings. The highest BCUT2D eigenvalue weighted by Gasteiger charge is 2.36. The van der Waals surface area contributed by atoms with Gasteiger partial charge in [-0.05, 0) is 64.2 Å². The number of likely N-dealkylation sites (tertiary alicyclic amines) is 1. The van der Waals surface area contributed by atoms with Crippen molar-refractivity contribution in [2.24, 2.45) is 0 Å². The summed E-state index contributed by atoms with van der Waals surface area (Å²) in [6, 6.07) is 11.9. The molecule has 8 nitrogen and oxygen atoms in total. The smallest absolute Gasteiger partial charge is 0.282 e. The lowest BCUT2D eigenvalue weighted by Crippen LogP contribution is -2.44. The first-order valence-electron chi connectivity index (χ1n) is 14.2. The number of nitrogens with one attached hydrogen (secondary N) is 2. The maximum Gasteiger partial charge on any atom is 0.282 e. The minimum absolute atomic E-state index is 0.0959. The highest BCUT2D eigenvalue weighted by atomic mass is 16.2. The fourth-order valence-corrected chi connectivity index (χ4v) is 6.64. The summed E-state index contributed by atoms with van der Waals surface area (Å²) in [5.41, 5.74) is 0.965. The standard InChI is InChI=1S/C30H39N5O3/c1-20-14-16-24(34(20)23-10-6-4-3-5-7-11-23)18-21(2)35-26-13-9-8-12-25(26)33-28(30(35)38)29(37)32-22-15-17-27(36)31-19-22/h8-9,12-13,15,17,19-21,23-24H,3-7,10-11,14,16,18H2,1-2H3,(H,31,36)(H,32,37)/t20?,21-,24+/m1/s1. The van der Waals surface area contributed by atoms with Gasteiger partial charge in [0, 0.05) is 36.4 Å². The molecule has 2 N–H and O–H groups in total. The van der Waals surface area contributed by atoms with Gasteiger partial charge in [0.25, 0.3) is 11.5 Å². The molecule has 5 rings (SSSR count). The van der Waals surface area contributed by atoms with E-state index in [0.29, 0.717) is 29.3 Å². The second kappa shape index (κ2) is 11.6. The van der Waals surface area contributed by atoms with E-state index in [0.717, 1.165) is 18.4 Å². The van der Waals surface area contributed by atoms with Crippen molar-refractivity contribution < 1.29 is 4.79 Å². The van der Waals surface area contributed by atoms with Gasteiger partial charge >= 0.3 is 0 Å². The molecule has 38 heavy (non-hydrogen) atoms. The maximum atomic E-state index is 13.8. The van der Waals surface area contributed by atoms with Gasteiger partial charge in [0.1, 0.15) is 0 Å². The summed E-state index contributed by atoms with van der Waals surface area (Å²) in [6.45, 7) is 4.45. The molecule has 1 aromatic carbocycles. The normalized spacial score (nSPS) is 22.2. The van der Waals surface area contributed by atoms with Crippen molar-refractivity contribution in [3.8, 4) is 0 Å². The molecule has 3 aromatic rings. The minimum Gasteiger partial charge on any atom is -0.327 e. The summed E-state index contributed by atoms with van der Waals surface area (Å²) in [5, 5.41) is 2.70. The highest BCUT2D eigenvalue weighted by molar-refractivity contribution is 6.03. The van der Waals surface area contributed by atoms with Gasteiger partial charge in [-0.3, -0.25) is 19.3 Å². The van der Waals surface area contributed by atoms with Crippen molar-refractivity contribution in [3.63, 3.8) is 0 Å². The number of nitrogens with zero attached hydrogens (tertiary/aromatic N) is 3. The van der Waals surface area contributed by atoms with E-state index in [9.17, 15) is 14.4 Å². The number of amides is 1. The van der Waals surface area contributed by atoms with Crippen LogP contribution in [0.2, 0.25) is 0 Å². The van der Waals surface area contributed by atoms with Crippen LogP contribution in [-0.2, 0) is 0 Å². The predicted octanol–water partition coefficient (Wildman–Crippen LogP) is 5.25. The SMILES string of the molecule is CC1CC[C@@H](C[C@@H](C)n2c(=O)c(C(=O)Nc3ccc(=O)[nH]c3)nc3ccccc32)N1C1CCCCCCC1. The van der Waals surface area contributed by atoms with Crippen LogP contribution in [0, 0.1) is 0 Å². The third-order valence-electron chi connectivity index (χ3n) is 8.45. The number of carbonyl (C=O) groups is 1. The van der Waals surface area contributed by atoms with Crippen molar-refractivity contribution in [1.29, 1.82) is 0 Å². The van der Waals surface area contributed by atoms with Crippen LogP contribution < -0.4 is 16.4 Å². The molecule has 1 aliphatic carbocycles. The van der Waals surface area contributed by atoms with E-state index < -0.39 is 5.91 Å². The topological polar surface area (TPSA) is 100 Å². The Morgan fingerprint density at radius 3 is 2.50 bits per heavy atom. The quantitative estimate of drug-likeness (QED) is 0.465. The van der Waals surface area contributed by atoms with Gasteiger partial charge in [-0.1, -0.05) is 44.2 Å². The zero-order valence-electron chi connectivity index (χ0n) is 22.5. The molecule has 1 amide bonds. The van der Waals surface area contributed by atoms with Crippen LogP contribution in [-0.4, -0.2) is 43.5 Å². The molecule has 1 saturated heterocycles. The molecule has 2 aromatic heterocycles. The van der Waals surface area contributed by atoms with Gasteiger partial charge in [0.05, 0.1) is 16.7 Å². The number of aromatic amines is 1. The number of rotatable bonds is 6. The van der Waals surface area contributed by atoms with Crippen LogP contribution in [0.3, 0.4) is 0 Å². The number of pyridine rings is 1. The van der Waals surface area contributed by atoms with Crippen LogP contribution in [0.5, 0.6) is 0 Å². The average Bonchev–Trinajstić information content (AvgIpc) is 3.24. The van der Waals surface area contributed by atoms with Gasteiger partial charge in [-0.15, -0.1) is 0 Å². The third kappa shape index (κ3) is 5.60. The Morgan fingerprint density at radius 2 is 1.76 bits per heavy atom. The molecule has 1 saturated carbocycles. The number of carbonyl (C=O) groups excluding carboxylic acids is 1. The molecular formula is C30H39N5O3. The van der Waals surface area contributed by atoms with E-state index in [1.54, 1.807) is 4.57 Å². The zero-order chi connectivity index (χ0) is 26.6. The first kappa shape index (κ1) is 26.4. The molecule has 3 heterocycles. The Balaban J connectivity index is 1.44. The molecule has 1 aliphatic heterocycles. The summed E-state index contributed by atoms with van der Waals surface area (Å²) in [7, 11) is 0. The van der Waals surface area contributed by atoms with Gasteiger partial charge in [0.15, 0.2) is 5.69 Å². The lowest BCUT2D eigenvalue weighted by atomic mass is 9.94. The molecule has 0 spiro atoms. The number of H-pyrrole nitrogens is 1. The molecular weight excluding hydrogens is 478 g/mol. The molecule has 202 valence electrons. The molecule has 3 atom stereocenters. The largest absolute Gasteiger partial charge is 0.327 e. The van der Waals surface area contributed by atoms with Crippen molar-refractivity contribution >= 4 is 22.6 Å². The molecule has 2 fully saturated rings. The second-order valence-corrected chi connectivity index (χ2v) is 11.1. The number of para-hydroxylation sites is 2. The number of anilines is 1. The summed E-state index contributed by atoms with van der Waals surface area (Å²) in [4.78, 5) is 48.1. The Bertz CT molecular complexity index is 1370. The van der Waals surface area contributed by atoms with Crippen molar-refractivity contribution in [1.82, 2.24) is 19.4 Å². The number of hydrogen-bond acceptors (Lipinski definition) is 5. The average molecular weight is 518 g/mol. The monoisotopic (exact) mass is 517 g/mol. The lowest BCUT2D eigenvalue weighted by Gasteiger charge is -2.38. The van der Waals surface area contributed by atoms with Crippen LogP contribution >= 0.6 is 0 Å². The van der Waals surface area contributed by atoms with E-state index in [2.05, 4.69) is 34.0 Å². The van der Waals surface area contributed by atoms with Crippen LogP contribution in [0.15, 0.2) is 52.2 Å². The van der Waals surface area contributed by atoms with E-state index >= 15 is 0 Å². The Kier molecular flexibility index (Phi) is 8.07. The first-order valence-corrected chi connectivity index (χ1v) is 14.2. The van der Waals surface area contributed by atoms with Gasteiger partial charge in [0.2, 0.25) is 5.56 Å². The fraction of sp³-hybridized carbons (Fsp3) is 0.533. The number of fused-ring (bicyclic) bond motifs is 1.